The second-order valence-electron chi connectivity index (χ2n) is 7.37. The molecule has 142 valence electrons. The molecule has 1 aliphatic heterocycles. The van der Waals surface area contributed by atoms with Crippen LogP contribution in [0.25, 0.3) is 10.8 Å². The number of carbonyl (C=O) groups excluding carboxylic acids is 2. The van der Waals surface area contributed by atoms with E-state index < -0.39 is 0 Å². The van der Waals surface area contributed by atoms with Crippen molar-refractivity contribution in [2.75, 3.05) is 16.8 Å². The highest BCUT2D eigenvalue weighted by atomic mass is 16.2. The first-order chi connectivity index (χ1) is 13.6. The van der Waals surface area contributed by atoms with Crippen LogP contribution in [0.2, 0.25) is 0 Å². The zero-order valence-electron chi connectivity index (χ0n) is 16.1. The van der Waals surface area contributed by atoms with Crippen LogP contribution in [0.4, 0.5) is 11.4 Å². The Morgan fingerprint density at radius 1 is 1.04 bits per heavy atom. The van der Waals surface area contributed by atoms with Gasteiger partial charge in [0.25, 0.3) is 0 Å². The predicted molar refractivity (Wildman–Crippen MR) is 114 cm³/mol. The Morgan fingerprint density at radius 3 is 2.71 bits per heavy atom. The standard InChI is InChI=1S/C24H24N2O2/c1-17-12-13-20(16-22(17)26-14-5-4-11-24(26)28)25-23(27)15-19-9-6-8-18-7-2-3-10-21(18)19/h2-3,6-10,12-13,16H,4-5,11,14-15H2,1H3,(H,25,27). The Hall–Kier alpha value is -3.14. The summed E-state index contributed by atoms with van der Waals surface area (Å²) in [6.07, 6.45) is 2.88. The molecule has 4 heteroatoms. The van der Waals surface area contributed by atoms with Gasteiger partial charge in [-0.1, -0.05) is 48.5 Å². The topological polar surface area (TPSA) is 49.4 Å². The van der Waals surface area contributed by atoms with Gasteiger partial charge in [-0.15, -0.1) is 0 Å². The third kappa shape index (κ3) is 3.77. The van der Waals surface area contributed by atoms with Crippen LogP contribution in [-0.2, 0) is 16.0 Å². The Labute approximate surface area is 165 Å². The maximum absolute atomic E-state index is 12.7. The second-order valence-corrected chi connectivity index (χ2v) is 7.37. The Balaban J connectivity index is 1.53. The van der Waals surface area contributed by atoms with Gasteiger partial charge in [0.05, 0.1) is 6.42 Å². The smallest absolute Gasteiger partial charge is 0.228 e. The van der Waals surface area contributed by atoms with Gasteiger partial charge in [0.2, 0.25) is 11.8 Å². The van der Waals surface area contributed by atoms with Crippen LogP contribution >= 0.6 is 0 Å². The third-order valence-electron chi connectivity index (χ3n) is 5.34. The highest BCUT2D eigenvalue weighted by molar-refractivity contribution is 5.98. The number of hydrogen-bond acceptors (Lipinski definition) is 2. The summed E-state index contributed by atoms with van der Waals surface area (Å²) < 4.78 is 0. The van der Waals surface area contributed by atoms with Crippen LogP contribution in [0.1, 0.15) is 30.4 Å². The molecule has 0 aromatic heterocycles. The third-order valence-corrected chi connectivity index (χ3v) is 5.34. The van der Waals surface area contributed by atoms with Gasteiger partial charge >= 0.3 is 0 Å². The summed E-state index contributed by atoms with van der Waals surface area (Å²) in [7, 11) is 0. The van der Waals surface area contributed by atoms with Gasteiger partial charge in [0.15, 0.2) is 0 Å². The molecule has 0 saturated carbocycles. The maximum Gasteiger partial charge on any atom is 0.228 e. The van der Waals surface area contributed by atoms with Crippen LogP contribution in [0.15, 0.2) is 60.7 Å². The molecule has 1 aliphatic rings. The number of anilines is 2. The molecule has 2 amide bonds. The van der Waals surface area contributed by atoms with Crippen molar-refractivity contribution in [2.24, 2.45) is 0 Å². The molecule has 0 unspecified atom stereocenters. The predicted octanol–water partition coefficient (Wildman–Crippen LogP) is 4.85. The van der Waals surface area contributed by atoms with Crippen LogP contribution in [0.3, 0.4) is 0 Å². The highest BCUT2D eigenvalue weighted by Gasteiger charge is 2.21. The summed E-state index contributed by atoms with van der Waals surface area (Å²) >= 11 is 0. The maximum atomic E-state index is 12.7. The first-order valence-corrected chi connectivity index (χ1v) is 9.79. The number of nitrogens with one attached hydrogen (secondary N) is 1. The molecule has 28 heavy (non-hydrogen) atoms. The van der Waals surface area contributed by atoms with E-state index in [1.54, 1.807) is 0 Å². The largest absolute Gasteiger partial charge is 0.326 e. The average Bonchev–Trinajstić information content (AvgIpc) is 2.70. The van der Waals surface area contributed by atoms with E-state index in [4.69, 9.17) is 0 Å². The molecule has 0 radical (unpaired) electrons. The lowest BCUT2D eigenvalue weighted by Crippen LogP contribution is -2.35. The van der Waals surface area contributed by atoms with E-state index in [1.165, 1.54) is 0 Å². The van der Waals surface area contributed by atoms with E-state index in [0.717, 1.165) is 52.7 Å². The molecule has 0 spiro atoms. The monoisotopic (exact) mass is 372 g/mol. The molecule has 0 aliphatic carbocycles. The van der Waals surface area contributed by atoms with Crippen molar-refractivity contribution < 1.29 is 9.59 Å². The zero-order chi connectivity index (χ0) is 19.5. The summed E-state index contributed by atoms with van der Waals surface area (Å²) in [6, 6.07) is 19.9. The van der Waals surface area contributed by atoms with Crippen LogP contribution in [0, 0.1) is 6.92 Å². The van der Waals surface area contributed by atoms with Gasteiger partial charge in [0, 0.05) is 24.3 Å². The molecule has 1 fully saturated rings. The van der Waals surface area contributed by atoms with Crippen molar-refractivity contribution in [1.29, 1.82) is 0 Å². The Morgan fingerprint density at radius 2 is 1.86 bits per heavy atom. The van der Waals surface area contributed by atoms with E-state index in [1.807, 2.05) is 60.4 Å². The Bertz CT molecular complexity index is 1040. The van der Waals surface area contributed by atoms with E-state index in [2.05, 4.69) is 17.4 Å². The first kappa shape index (κ1) is 18.2. The molecule has 1 saturated heterocycles. The molecule has 4 rings (SSSR count). The van der Waals surface area contributed by atoms with Crippen LogP contribution in [-0.4, -0.2) is 18.4 Å². The highest BCUT2D eigenvalue weighted by Crippen LogP contribution is 2.28. The molecule has 3 aromatic rings. The fraction of sp³-hybridized carbons (Fsp3) is 0.250. The van der Waals surface area contributed by atoms with Gasteiger partial charge in [0.1, 0.15) is 0 Å². The van der Waals surface area contributed by atoms with E-state index >= 15 is 0 Å². The molecular weight excluding hydrogens is 348 g/mol. The summed E-state index contributed by atoms with van der Waals surface area (Å²) in [6.45, 7) is 2.74. The molecule has 1 heterocycles. The van der Waals surface area contributed by atoms with Gasteiger partial charge in [-0.2, -0.15) is 0 Å². The molecule has 3 aromatic carbocycles. The molecule has 1 N–H and O–H groups in total. The number of carbonyl (C=O) groups is 2. The number of fused-ring (bicyclic) bond motifs is 1. The van der Waals surface area contributed by atoms with Crippen LogP contribution in [0.5, 0.6) is 0 Å². The average molecular weight is 372 g/mol. The SMILES string of the molecule is Cc1ccc(NC(=O)Cc2cccc3ccccc23)cc1N1CCCCC1=O. The van der Waals surface area contributed by atoms with E-state index in [0.29, 0.717) is 12.8 Å². The molecule has 0 bridgehead atoms. The lowest BCUT2D eigenvalue weighted by molar-refractivity contribution is -0.119. The quantitative estimate of drug-likeness (QED) is 0.712. The van der Waals surface area contributed by atoms with Gasteiger partial charge in [-0.05, 0) is 53.8 Å². The van der Waals surface area contributed by atoms with Crippen molar-refractivity contribution in [1.82, 2.24) is 0 Å². The lowest BCUT2D eigenvalue weighted by Gasteiger charge is -2.28. The van der Waals surface area contributed by atoms with Gasteiger partial charge in [-0.3, -0.25) is 9.59 Å². The van der Waals surface area contributed by atoms with Crippen molar-refractivity contribution in [3.63, 3.8) is 0 Å². The Kier molecular flexibility index (Phi) is 5.11. The number of aryl methyl sites for hydroxylation is 1. The van der Waals surface area contributed by atoms with Crippen molar-refractivity contribution in [3.05, 3.63) is 71.8 Å². The first-order valence-electron chi connectivity index (χ1n) is 9.79. The minimum absolute atomic E-state index is 0.0591. The number of hydrogen-bond donors (Lipinski definition) is 1. The fourth-order valence-electron chi connectivity index (χ4n) is 3.86. The van der Waals surface area contributed by atoms with Crippen molar-refractivity contribution in [3.8, 4) is 0 Å². The second kappa shape index (κ2) is 7.85. The summed E-state index contributed by atoms with van der Waals surface area (Å²) in [5, 5.41) is 5.23. The molecule has 4 nitrogen and oxygen atoms in total. The summed E-state index contributed by atoms with van der Waals surface area (Å²) in [5.41, 5.74) is 3.67. The molecular formula is C24H24N2O2. The molecule has 0 atom stereocenters. The number of benzene rings is 3. The van der Waals surface area contributed by atoms with Gasteiger partial charge < -0.3 is 10.2 Å². The van der Waals surface area contributed by atoms with Crippen molar-refractivity contribution in [2.45, 2.75) is 32.6 Å². The van der Waals surface area contributed by atoms with Crippen molar-refractivity contribution >= 4 is 34.0 Å². The fourth-order valence-corrected chi connectivity index (χ4v) is 3.86. The van der Waals surface area contributed by atoms with E-state index in [9.17, 15) is 9.59 Å². The normalized spacial score (nSPS) is 14.3. The number of nitrogens with zero attached hydrogens (tertiary/aromatic N) is 1. The minimum atomic E-state index is -0.0591. The lowest BCUT2D eigenvalue weighted by atomic mass is 10.0. The number of piperidine rings is 1. The van der Waals surface area contributed by atoms with Gasteiger partial charge in [-0.25, -0.2) is 0 Å². The number of amides is 2. The minimum Gasteiger partial charge on any atom is -0.326 e. The van der Waals surface area contributed by atoms with Crippen LogP contribution < -0.4 is 10.2 Å². The summed E-state index contributed by atoms with van der Waals surface area (Å²) in [4.78, 5) is 26.8. The zero-order valence-corrected chi connectivity index (χ0v) is 16.1. The summed E-state index contributed by atoms with van der Waals surface area (Å²) in [5.74, 6) is 0.102. The number of rotatable bonds is 4. The van der Waals surface area contributed by atoms with E-state index in [-0.39, 0.29) is 11.8 Å².